The second-order valence-corrected chi connectivity index (χ2v) is 7.10. The maximum atomic E-state index is 12.1. The van der Waals surface area contributed by atoms with E-state index in [-0.39, 0.29) is 0 Å². The van der Waals surface area contributed by atoms with E-state index in [4.69, 9.17) is 9.47 Å². The number of hydrogen-bond acceptors (Lipinski definition) is 5. The van der Waals surface area contributed by atoms with Gasteiger partial charge in [0, 0.05) is 32.7 Å². The van der Waals surface area contributed by atoms with Crippen LogP contribution in [0.4, 0.5) is 0 Å². The monoisotopic (exact) mass is 348 g/mol. The van der Waals surface area contributed by atoms with Crippen molar-refractivity contribution in [2.75, 3.05) is 46.9 Å². The zero-order valence-corrected chi connectivity index (χ0v) is 15.3. The maximum absolute atomic E-state index is 12.1. The third-order valence-electron chi connectivity index (χ3n) is 5.18. The van der Waals surface area contributed by atoms with Gasteiger partial charge in [0.25, 0.3) is 0 Å². The fraction of sp³-hybridized carbons (Fsp3) is 0.632. The van der Waals surface area contributed by atoms with Gasteiger partial charge in [0.1, 0.15) is 17.5 Å². The molecule has 1 aliphatic carbocycles. The number of aliphatic carboxylic acids is 1. The van der Waals surface area contributed by atoms with Crippen LogP contribution in [0.15, 0.2) is 12.1 Å². The largest absolute Gasteiger partial charge is 0.496 e. The minimum Gasteiger partial charge on any atom is -0.496 e. The summed E-state index contributed by atoms with van der Waals surface area (Å²) in [6, 6.07) is 2.99. The van der Waals surface area contributed by atoms with Gasteiger partial charge in [-0.1, -0.05) is 0 Å². The Balaban J connectivity index is 1.83. The van der Waals surface area contributed by atoms with Gasteiger partial charge in [-0.15, -0.1) is 0 Å². The van der Waals surface area contributed by atoms with E-state index in [1.54, 1.807) is 14.2 Å². The molecule has 0 radical (unpaired) electrons. The van der Waals surface area contributed by atoms with Crippen LogP contribution < -0.4 is 9.47 Å². The molecule has 0 bridgehead atoms. The summed E-state index contributed by atoms with van der Waals surface area (Å²) in [6.07, 6.45) is 2.69. The van der Waals surface area contributed by atoms with E-state index in [0.29, 0.717) is 17.1 Å². The highest BCUT2D eigenvalue weighted by Gasteiger charge is 2.35. The maximum Gasteiger partial charge on any atom is 0.325 e. The van der Waals surface area contributed by atoms with Crippen LogP contribution in [-0.2, 0) is 4.79 Å². The number of benzene rings is 1. The van der Waals surface area contributed by atoms with Gasteiger partial charge >= 0.3 is 5.97 Å². The number of carbonyl (C=O) groups is 1. The molecule has 6 heteroatoms. The van der Waals surface area contributed by atoms with Crippen molar-refractivity contribution in [3.05, 3.63) is 23.3 Å². The normalized spacial score (nSPS) is 20.3. The molecular weight excluding hydrogens is 320 g/mol. The van der Waals surface area contributed by atoms with E-state index >= 15 is 0 Å². The Labute approximate surface area is 149 Å². The van der Waals surface area contributed by atoms with Crippen LogP contribution in [0.1, 0.15) is 30.0 Å². The molecule has 1 saturated carbocycles. The number of nitrogens with zero attached hydrogens (tertiary/aromatic N) is 2. The molecule has 6 nitrogen and oxygen atoms in total. The first kappa shape index (κ1) is 18.0. The molecule has 0 unspecified atom stereocenters. The highest BCUT2D eigenvalue weighted by atomic mass is 16.5. The van der Waals surface area contributed by atoms with E-state index in [9.17, 15) is 9.90 Å². The average molecular weight is 348 g/mol. The Hall–Kier alpha value is -1.79. The molecule has 1 aliphatic heterocycles. The van der Waals surface area contributed by atoms with E-state index in [2.05, 4.69) is 4.90 Å². The molecule has 1 aromatic carbocycles. The van der Waals surface area contributed by atoms with Crippen LogP contribution in [0.25, 0.3) is 0 Å². The number of carboxylic acid groups (broad SMARTS) is 1. The quantitative estimate of drug-likeness (QED) is 0.815. The summed E-state index contributed by atoms with van der Waals surface area (Å²) in [7, 11) is 3.15. The lowest BCUT2D eigenvalue weighted by molar-refractivity contribution is -0.144. The summed E-state index contributed by atoms with van der Waals surface area (Å²) in [6.45, 7) is 6.41. The lowest BCUT2D eigenvalue weighted by Gasteiger charge is -2.38. The van der Waals surface area contributed by atoms with Crippen molar-refractivity contribution < 1.29 is 19.4 Å². The fourth-order valence-electron chi connectivity index (χ4n) is 3.67. The van der Waals surface area contributed by atoms with Crippen molar-refractivity contribution in [3.8, 4) is 11.5 Å². The van der Waals surface area contributed by atoms with Crippen LogP contribution in [0.3, 0.4) is 0 Å². The molecule has 1 heterocycles. The molecule has 0 spiro atoms. The lowest BCUT2D eigenvalue weighted by Crippen LogP contribution is -2.49. The van der Waals surface area contributed by atoms with Crippen LogP contribution in [0.5, 0.6) is 11.5 Å². The molecule has 1 atom stereocenters. The van der Waals surface area contributed by atoms with Crippen molar-refractivity contribution in [2.24, 2.45) is 5.92 Å². The summed E-state index contributed by atoms with van der Waals surface area (Å²) >= 11 is 0. The van der Waals surface area contributed by atoms with Crippen LogP contribution in [0.2, 0.25) is 0 Å². The highest BCUT2D eigenvalue weighted by Crippen LogP contribution is 2.39. The van der Waals surface area contributed by atoms with Gasteiger partial charge in [-0.05, 0) is 43.4 Å². The Kier molecular flexibility index (Phi) is 5.49. The summed E-state index contributed by atoms with van der Waals surface area (Å²) in [5, 5.41) is 9.94. The van der Waals surface area contributed by atoms with Crippen LogP contribution in [0, 0.1) is 12.8 Å². The average Bonchev–Trinajstić information content (AvgIpc) is 3.41. The highest BCUT2D eigenvalue weighted by molar-refractivity contribution is 5.78. The van der Waals surface area contributed by atoms with Crippen LogP contribution in [-0.4, -0.2) is 67.8 Å². The SMILES string of the molecule is COc1cc(C)cc(OC)c1[C@@H](C(=O)O)N1CCN(CC2CC2)CC1. The van der Waals surface area contributed by atoms with Gasteiger partial charge < -0.3 is 19.5 Å². The van der Waals surface area contributed by atoms with Gasteiger partial charge in [0.2, 0.25) is 0 Å². The van der Waals surface area contributed by atoms with Gasteiger partial charge in [-0.25, -0.2) is 0 Å². The smallest absolute Gasteiger partial charge is 0.325 e. The number of piperazine rings is 1. The van der Waals surface area contributed by atoms with Crippen molar-refractivity contribution in [3.63, 3.8) is 0 Å². The van der Waals surface area contributed by atoms with Gasteiger partial charge in [-0.2, -0.15) is 0 Å². The van der Waals surface area contributed by atoms with Crippen molar-refractivity contribution >= 4 is 5.97 Å². The minimum atomic E-state index is -0.865. The number of rotatable bonds is 7. The fourth-order valence-corrected chi connectivity index (χ4v) is 3.67. The molecule has 2 aliphatic rings. The zero-order valence-electron chi connectivity index (χ0n) is 15.3. The third kappa shape index (κ3) is 4.07. The molecule has 0 amide bonds. The summed E-state index contributed by atoms with van der Waals surface area (Å²) in [5.41, 5.74) is 1.59. The molecule has 0 aromatic heterocycles. The lowest BCUT2D eigenvalue weighted by atomic mass is 9.99. The van der Waals surface area contributed by atoms with Gasteiger partial charge in [0.15, 0.2) is 0 Å². The van der Waals surface area contributed by atoms with E-state index < -0.39 is 12.0 Å². The Morgan fingerprint density at radius 1 is 1.16 bits per heavy atom. The molecule has 1 N–H and O–H groups in total. The predicted octanol–water partition coefficient (Wildman–Crippen LogP) is 2.17. The summed E-state index contributed by atoms with van der Waals surface area (Å²) in [5.74, 6) is 1.14. The number of ether oxygens (including phenoxy) is 2. The van der Waals surface area contributed by atoms with Crippen molar-refractivity contribution in [1.29, 1.82) is 0 Å². The summed E-state index contributed by atoms with van der Waals surface area (Å²) in [4.78, 5) is 16.6. The van der Waals surface area contributed by atoms with E-state index in [0.717, 1.165) is 44.2 Å². The second-order valence-electron chi connectivity index (χ2n) is 7.10. The topological polar surface area (TPSA) is 62.2 Å². The molecule has 2 fully saturated rings. The molecule has 1 aromatic rings. The zero-order chi connectivity index (χ0) is 18.0. The second kappa shape index (κ2) is 7.62. The summed E-state index contributed by atoms with van der Waals surface area (Å²) < 4.78 is 11.0. The number of hydrogen-bond donors (Lipinski definition) is 1. The van der Waals surface area contributed by atoms with Gasteiger partial charge in [0.05, 0.1) is 19.8 Å². The Morgan fingerprint density at radius 2 is 1.72 bits per heavy atom. The molecular formula is C19H28N2O4. The molecule has 25 heavy (non-hydrogen) atoms. The molecule has 138 valence electrons. The standard InChI is InChI=1S/C19H28N2O4/c1-13-10-15(24-2)17(16(11-13)25-3)18(19(22)23)21-8-6-20(7-9-21)12-14-4-5-14/h10-11,14,18H,4-9,12H2,1-3H3,(H,22,23)/t18-/m0/s1. The van der Waals surface area contributed by atoms with Crippen molar-refractivity contribution in [1.82, 2.24) is 9.80 Å². The third-order valence-corrected chi connectivity index (χ3v) is 5.18. The number of aryl methyl sites for hydroxylation is 1. The Bertz CT molecular complexity index is 597. The van der Waals surface area contributed by atoms with Crippen molar-refractivity contribution in [2.45, 2.75) is 25.8 Å². The van der Waals surface area contributed by atoms with E-state index in [1.807, 2.05) is 24.0 Å². The number of carboxylic acids is 1. The Morgan fingerprint density at radius 3 is 2.16 bits per heavy atom. The first-order valence-corrected chi connectivity index (χ1v) is 8.95. The molecule has 1 saturated heterocycles. The number of methoxy groups -OCH3 is 2. The van der Waals surface area contributed by atoms with E-state index in [1.165, 1.54) is 12.8 Å². The molecule has 3 rings (SSSR count). The van der Waals surface area contributed by atoms with Gasteiger partial charge in [-0.3, -0.25) is 9.69 Å². The first-order valence-electron chi connectivity index (χ1n) is 8.95. The first-order chi connectivity index (χ1) is 12.0. The minimum absolute atomic E-state index is 0.574. The van der Waals surface area contributed by atoms with Crippen LogP contribution >= 0.6 is 0 Å². The predicted molar refractivity (Wildman–Crippen MR) is 95.4 cm³/mol.